The van der Waals surface area contributed by atoms with Gasteiger partial charge in [-0.05, 0) is 49.1 Å². The van der Waals surface area contributed by atoms with Crippen LogP contribution in [0.15, 0.2) is 15.7 Å². The summed E-state index contributed by atoms with van der Waals surface area (Å²) < 4.78 is 5.74. The highest BCUT2D eigenvalue weighted by atomic mass is 32.2. The number of nitrogens with zero attached hydrogens (tertiary/aromatic N) is 2. The van der Waals surface area contributed by atoms with E-state index < -0.39 is 0 Å². The van der Waals surface area contributed by atoms with Crippen molar-refractivity contribution in [2.45, 2.75) is 51.7 Å². The quantitative estimate of drug-likeness (QED) is 0.731. The van der Waals surface area contributed by atoms with Crippen LogP contribution in [0.2, 0.25) is 0 Å². The average Bonchev–Trinajstić information content (AvgIpc) is 3.18. The molecule has 1 N–H and O–H groups in total. The fourth-order valence-corrected chi connectivity index (χ4v) is 4.58. The van der Waals surface area contributed by atoms with Crippen LogP contribution in [-0.4, -0.2) is 28.4 Å². The summed E-state index contributed by atoms with van der Waals surface area (Å²) in [5.74, 6) is 2.21. The van der Waals surface area contributed by atoms with Crippen molar-refractivity contribution in [1.82, 2.24) is 15.5 Å². The lowest BCUT2D eigenvalue weighted by molar-refractivity contribution is -0.118. The standard InChI is InChI=1S/C18H25N3O2S2/c1-11(2)6-7-19-16(22)10-24-18-21-20-17(23-18)15-9-13-8-12(3)4-5-14(13)25-15/h9,11-12H,4-8,10H2,1-3H3,(H,19,22)/t12-/m0/s1. The van der Waals surface area contributed by atoms with E-state index in [4.69, 9.17) is 4.42 Å². The molecule has 1 atom stereocenters. The smallest absolute Gasteiger partial charge is 0.277 e. The van der Waals surface area contributed by atoms with E-state index in [2.05, 4.69) is 42.4 Å². The van der Waals surface area contributed by atoms with Crippen LogP contribution in [0.3, 0.4) is 0 Å². The van der Waals surface area contributed by atoms with Crippen molar-refractivity contribution in [2.75, 3.05) is 12.3 Å². The first-order valence-corrected chi connectivity index (χ1v) is 10.7. The Morgan fingerprint density at radius 2 is 2.32 bits per heavy atom. The van der Waals surface area contributed by atoms with Crippen molar-refractivity contribution >= 4 is 29.0 Å². The zero-order valence-corrected chi connectivity index (χ0v) is 16.6. The van der Waals surface area contributed by atoms with Gasteiger partial charge in [0, 0.05) is 11.4 Å². The highest BCUT2D eigenvalue weighted by molar-refractivity contribution is 7.99. The number of carbonyl (C=O) groups is 1. The number of hydrogen-bond acceptors (Lipinski definition) is 6. The van der Waals surface area contributed by atoms with Crippen LogP contribution in [0, 0.1) is 11.8 Å². The molecular formula is C18H25N3O2S2. The van der Waals surface area contributed by atoms with E-state index in [1.54, 1.807) is 11.3 Å². The molecule has 7 heteroatoms. The normalized spacial score (nSPS) is 16.9. The fourth-order valence-electron chi connectivity index (χ4n) is 2.86. The number of thiophene rings is 1. The van der Waals surface area contributed by atoms with Crippen LogP contribution in [0.25, 0.3) is 10.8 Å². The Kier molecular flexibility index (Phi) is 6.17. The van der Waals surface area contributed by atoms with Gasteiger partial charge in [0.25, 0.3) is 11.1 Å². The molecule has 0 saturated carbocycles. The molecule has 0 aromatic carbocycles. The third-order valence-corrected chi connectivity index (χ3v) is 6.36. The van der Waals surface area contributed by atoms with Gasteiger partial charge in [-0.3, -0.25) is 4.79 Å². The Bertz CT molecular complexity index is 724. The molecule has 0 spiro atoms. The lowest BCUT2D eigenvalue weighted by Crippen LogP contribution is -2.26. The van der Waals surface area contributed by atoms with Gasteiger partial charge < -0.3 is 9.73 Å². The molecule has 136 valence electrons. The largest absolute Gasteiger partial charge is 0.410 e. The summed E-state index contributed by atoms with van der Waals surface area (Å²) in [5.41, 5.74) is 1.43. The molecule has 25 heavy (non-hydrogen) atoms. The minimum atomic E-state index is 0.00553. The fraction of sp³-hybridized carbons (Fsp3) is 0.611. The Hall–Kier alpha value is -1.34. The number of fused-ring (bicyclic) bond motifs is 1. The number of rotatable bonds is 7. The maximum atomic E-state index is 11.8. The van der Waals surface area contributed by atoms with Crippen LogP contribution < -0.4 is 5.32 Å². The van der Waals surface area contributed by atoms with E-state index in [1.807, 2.05) is 0 Å². The number of aromatic nitrogens is 2. The topological polar surface area (TPSA) is 68.0 Å². The van der Waals surface area contributed by atoms with E-state index in [0.29, 0.717) is 29.3 Å². The van der Waals surface area contributed by atoms with E-state index >= 15 is 0 Å². The molecule has 0 bridgehead atoms. The highest BCUT2D eigenvalue weighted by Crippen LogP contribution is 2.37. The van der Waals surface area contributed by atoms with Gasteiger partial charge in [0.2, 0.25) is 5.91 Å². The summed E-state index contributed by atoms with van der Waals surface area (Å²) in [5, 5.41) is 11.6. The van der Waals surface area contributed by atoms with Gasteiger partial charge in [0.05, 0.1) is 10.6 Å². The van der Waals surface area contributed by atoms with Crippen molar-refractivity contribution in [3.8, 4) is 10.8 Å². The minimum Gasteiger partial charge on any atom is -0.410 e. The van der Waals surface area contributed by atoms with Gasteiger partial charge >= 0.3 is 0 Å². The molecule has 0 fully saturated rings. The second-order valence-electron chi connectivity index (χ2n) is 7.10. The summed E-state index contributed by atoms with van der Waals surface area (Å²) in [6.07, 6.45) is 4.53. The zero-order chi connectivity index (χ0) is 17.8. The molecule has 0 radical (unpaired) electrons. The van der Waals surface area contributed by atoms with Crippen LogP contribution in [0.1, 0.15) is 44.1 Å². The number of amides is 1. The maximum absolute atomic E-state index is 11.8. The Balaban J connectivity index is 1.53. The third kappa shape index (κ3) is 5.07. The molecule has 1 amide bonds. The van der Waals surface area contributed by atoms with Crippen molar-refractivity contribution in [2.24, 2.45) is 11.8 Å². The summed E-state index contributed by atoms with van der Waals surface area (Å²) in [6, 6.07) is 2.19. The summed E-state index contributed by atoms with van der Waals surface area (Å²) in [7, 11) is 0. The van der Waals surface area contributed by atoms with Crippen molar-refractivity contribution in [1.29, 1.82) is 0 Å². The van der Waals surface area contributed by atoms with E-state index in [9.17, 15) is 4.79 Å². The molecule has 2 aromatic rings. The minimum absolute atomic E-state index is 0.00553. The van der Waals surface area contributed by atoms with Crippen LogP contribution in [0.4, 0.5) is 0 Å². The van der Waals surface area contributed by atoms with Gasteiger partial charge in [-0.25, -0.2) is 0 Å². The molecular weight excluding hydrogens is 354 g/mol. The molecule has 1 aliphatic carbocycles. The molecule has 0 aliphatic heterocycles. The molecule has 5 nitrogen and oxygen atoms in total. The van der Waals surface area contributed by atoms with Crippen LogP contribution in [0.5, 0.6) is 0 Å². The molecule has 2 aromatic heterocycles. The SMILES string of the molecule is CC(C)CCNC(=O)CSc1nnc(-c2cc3c(s2)CC[C@H](C)C3)o1. The maximum Gasteiger partial charge on any atom is 0.277 e. The lowest BCUT2D eigenvalue weighted by atomic mass is 9.90. The summed E-state index contributed by atoms with van der Waals surface area (Å²) >= 11 is 3.05. The second-order valence-corrected chi connectivity index (χ2v) is 9.16. The van der Waals surface area contributed by atoms with E-state index in [-0.39, 0.29) is 5.91 Å². The first-order valence-electron chi connectivity index (χ1n) is 8.86. The predicted octanol–water partition coefficient (Wildman–Crippen LogP) is 4.18. The van der Waals surface area contributed by atoms with Crippen molar-refractivity contribution < 1.29 is 9.21 Å². The molecule has 1 aliphatic rings. The van der Waals surface area contributed by atoms with Gasteiger partial charge in [0.1, 0.15) is 0 Å². The Morgan fingerprint density at radius 3 is 3.12 bits per heavy atom. The van der Waals surface area contributed by atoms with Crippen LogP contribution >= 0.6 is 23.1 Å². The second kappa shape index (κ2) is 8.36. The number of hydrogen-bond donors (Lipinski definition) is 1. The average molecular weight is 380 g/mol. The Labute approximate surface area is 157 Å². The van der Waals surface area contributed by atoms with Gasteiger partial charge in [-0.2, -0.15) is 0 Å². The number of carbonyl (C=O) groups excluding carboxylic acids is 1. The molecule has 0 saturated heterocycles. The van der Waals surface area contributed by atoms with Crippen molar-refractivity contribution in [3.05, 3.63) is 16.5 Å². The highest BCUT2D eigenvalue weighted by Gasteiger charge is 2.21. The number of aryl methyl sites for hydroxylation is 1. The summed E-state index contributed by atoms with van der Waals surface area (Å²) in [6.45, 7) is 7.30. The number of nitrogens with one attached hydrogen (secondary N) is 1. The van der Waals surface area contributed by atoms with Crippen molar-refractivity contribution in [3.63, 3.8) is 0 Å². The molecule has 0 unspecified atom stereocenters. The van der Waals surface area contributed by atoms with Gasteiger partial charge in [-0.15, -0.1) is 21.5 Å². The monoisotopic (exact) mass is 379 g/mol. The number of thioether (sulfide) groups is 1. The predicted molar refractivity (Wildman–Crippen MR) is 102 cm³/mol. The first kappa shape index (κ1) is 18.5. The van der Waals surface area contributed by atoms with Crippen LogP contribution in [-0.2, 0) is 17.6 Å². The van der Waals surface area contributed by atoms with E-state index in [1.165, 1.54) is 28.6 Å². The molecule has 2 heterocycles. The lowest BCUT2D eigenvalue weighted by Gasteiger charge is -2.16. The van der Waals surface area contributed by atoms with Gasteiger partial charge in [0.15, 0.2) is 0 Å². The molecule has 3 rings (SSSR count). The Morgan fingerprint density at radius 1 is 1.48 bits per heavy atom. The van der Waals surface area contributed by atoms with Gasteiger partial charge in [-0.1, -0.05) is 32.5 Å². The summed E-state index contributed by atoms with van der Waals surface area (Å²) in [4.78, 5) is 14.3. The van der Waals surface area contributed by atoms with E-state index in [0.717, 1.165) is 30.1 Å². The zero-order valence-electron chi connectivity index (χ0n) is 15.0. The third-order valence-electron chi connectivity index (χ3n) is 4.32. The first-order chi connectivity index (χ1) is 12.0.